The van der Waals surface area contributed by atoms with E-state index in [0.717, 1.165) is 5.69 Å². The van der Waals surface area contributed by atoms with Crippen molar-refractivity contribution in [1.82, 2.24) is 4.98 Å². The molecule has 1 nitrogen and oxygen atoms in total. The molecule has 0 fully saturated rings. The second-order valence-electron chi connectivity index (χ2n) is 3.36. The Hall–Kier alpha value is -1.67. The van der Waals surface area contributed by atoms with Crippen molar-refractivity contribution in [2.75, 3.05) is 0 Å². The number of hydrogen-bond acceptors (Lipinski definition) is 2. The van der Waals surface area contributed by atoms with Gasteiger partial charge < -0.3 is 0 Å². The Morgan fingerprint density at radius 2 is 1.80 bits per heavy atom. The lowest BCUT2D eigenvalue weighted by molar-refractivity contribution is 1.38. The van der Waals surface area contributed by atoms with Crippen molar-refractivity contribution in [3.8, 4) is 21.7 Å². The third kappa shape index (κ3) is 1.43. The SMILES string of the molecule is c1ccc(-c2ccc3nccsc2-3)cc1. The van der Waals surface area contributed by atoms with Gasteiger partial charge in [-0.05, 0) is 11.6 Å². The van der Waals surface area contributed by atoms with Crippen LogP contribution in [0.2, 0.25) is 0 Å². The Labute approximate surface area is 92.4 Å². The highest BCUT2D eigenvalue weighted by Gasteiger charge is 2.11. The van der Waals surface area contributed by atoms with Crippen molar-refractivity contribution in [1.29, 1.82) is 0 Å². The third-order valence-electron chi connectivity index (χ3n) is 2.43. The summed E-state index contributed by atoms with van der Waals surface area (Å²) in [6, 6.07) is 14.7. The fraction of sp³-hybridized carbons (Fsp3) is 0. The maximum atomic E-state index is 4.34. The van der Waals surface area contributed by atoms with Gasteiger partial charge in [-0.3, -0.25) is 4.98 Å². The fourth-order valence-electron chi connectivity index (χ4n) is 1.73. The highest BCUT2D eigenvalue weighted by molar-refractivity contribution is 7.13. The predicted molar refractivity (Wildman–Crippen MR) is 64.2 cm³/mol. The van der Waals surface area contributed by atoms with Crippen LogP contribution in [-0.2, 0) is 0 Å². The average Bonchev–Trinajstić information content (AvgIpc) is 2.74. The van der Waals surface area contributed by atoms with Crippen LogP contribution in [0.1, 0.15) is 0 Å². The summed E-state index contributed by atoms with van der Waals surface area (Å²) in [7, 11) is 0. The van der Waals surface area contributed by atoms with E-state index >= 15 is 0 Å². The maximum Gasteiger partial charge on any atom is 0.0808 e. The van der Waals surface area contributed by atoms with Gasteiger partial charge in [0.1, 0.15) is 0 Å². The summed E-state index contributed by atoms with van der Waals surface area (Å²) < 4.78 is 0. The first-order valence-electron chi connectivity index (χ1n) is 4.83. The Balaban J connectivity index is 2.22. The zero-order valence-corrected chi connectivity index (χ0v) is 8.87. The number of nitrogens with zero attached hydrogens (tertiary/aromatic N) is 1. The van der Waals surface area contributed by atoms with Crippen LogP contribution >= 0.6 is 11.3 Å². The molecular weight excluding hydrogens is 202 g/mol. The molecule has 2 heteroatoms. The fourth-order valence-corrected chi connectivity index (χ4v) is 2.54. The van der Waals surface area contributed by atoms with E-state index < -0.39 is 0 Å². The summed E-state index contributed by atoms with van der Waals surface area (Å²) >= 11 is 1.74. The van der Waals surface area contributed by atoms with Crippen molar-refractivity contribution >= 4 is 11.3 Å². The van der Waals surface area contributed by atoms with E-state index in [1.54, 1.807) is 11.3 Å². The van der Waals surface area contributed by atoms with E-state index in [-0.39, 0.29) is 0 Å². The molecule has 1 aromatic carbocycles. The largest absolute Gasteiger partial charge is 0.255 e. The molecule has 15 heavy (non-hydrogen) atoms. The van der Waals surface area contributed by atoms with Gasteiger partial charge in [-0.1, -0.05) is 36.4 Å². The minimum Gasteiger partial charge on any atom is -0.255 e. The molecule has 1 aliphatic carbocycles. The minimum atomic E-state index is 1.08. The third-order valence-corrected chi connectivity index (χ3v) is 3.35. The molecule has 72 valence electrons. The molecule has 0 bridgehead atoms. The van der Waals surface area contributed by atoms with Gasteiger partial charge in [-0.25, -0.2) is 0 Å². The minimum absolute atomic E-state index is 1.08. The van der Waals surface area contributed by atoms with Gasteiger partial charge in [0.05, 0.1) is 10.6 Å². The van der Waals surface area contributed by atoms with E-state index in [1.165, 1.54) is 16.0 Å². The summed E-state index contributed by atoms with van der Waals surface area (Å²) in [6.45, 7) is 0. The first-order valence-corrected chi connectivity index (χ1v) is 5.71. The van der Waals surface area contributed by atoms with Crippen LogP contribution in [0.5, 0.6) is 0 Å². The van der Waals surface area contributed by atoms with E-state index in [1.807, 2.05) is 17.6 Å². The zero-order valence-electron chi connectivity index (χ0n) is 8.05. The van der Waals surface area contributed by atoms with Crippen LogP contribution in [0, 0.1) is 0 Å². The van der Waals surface area contributed by atoms with Gasteiger partial charge >= 0.3 is 0 Å². The van der Waals surface area contributed by atoms with Crippen molar-refractivity contribution in [3.63, 3.8) is 0 Å². The van der Waals surface area contributed by atoms with Crippen LogP contribution in [0.25, 0.3) is 21.7 Å². The summed E-state index contributed by atoms with van der Waals surface area (Å²) in [5.74, 6) is 0. The number of aromatic nitrogens is 1. The van der Waals surface area contributed by atoms with Crippen LogP contribution in [0.15, 0.2) is 54.0 Å². The molecule has 1 heterocycles. The number of hydrogen-bond donors (Lipinski definition) is 0. The summed E-state index contributed by atoms with van der Waals surface area (Å²) in [5, 5.41) is 2.02. The molecule has 0 N–H and O–H groups in total. The smallest absolute Gasteiger partial charge is 0.0808 e. The second kappa shape index (κ2) is 3.48. The van der Waals surface area contributed by atoms with E-state index in [2.05, 4.69) is 41.4 Å². The highest BCUT2D eigenvalue weighted by atomic mass is 32.1. The summed E-state index contributed by atoms with van der Waals surface area (Å²) in [4.78, 5) is 5.61. The molecule has 0 aromatic heterocycles. The molecule has 0 amide bonds. The quantitative estimate of drug-likeness (QED) is 0.594. The zero-order chi connectivity index (χ0) is 10.1. The first kappa shape index (κ1) is 8.62. The van der Waals surface area contributed by atoms with Crippen molar-refractivity contribution < 1.29 is 0 Å². The van der Waals surface area contributed by atoms with Crippen LogP contribution in [0.4, 0.5) is 0 Å². The van der Waals surface area contributed by atoms with Crippen LogP contribution < -0.4 is 0 Å². The van der Waals surface area contributed by atoms with Crippen LogP contribution in [0.3, 0.4) is 0 Å². The summed E-state index contributed by atoms with van der Waals surface area (Å²) in [6.07, 6.45) is 1.85. The normalized spacial score (nSPS) is 10.7. The second-order valence-corrected chi connectivity index (χ2v) is 4.28. The molecule has 0 spiro atoms. The molecular formula is C13H9NS. The molecule has 0 saturated heterocycles. The standard InChI is InChI=1S/C13H9NS/c1-2-4-10(5-3-1)11-6-7-12-13(11)15-9-8-14-12/h1-9H. The van der Waals surface area contributed by atoms with Gasteiger partial charge in [-0.15, -0.1) is 11.3 Å². The molecule has 0 atom stereocenters. The molecule has 1 aliphatic heterocycles. The van der Waals surface area contributed by atoms with Gasteiger partial charge in [0.25, 0.3) is 0 Å². The first-order chi connectivity index (χ1) is 7.45. The highest BCUT2D eigenvalue weighted by Crippen LogP contribution is 2.36. The van der Waals surface area contributed by atoms with E-state index in [4.69, 9.17) is 0 Å². The predicted octanol–water partition coefficient (Wildman–Crippen LogP) is 3.91. The van der Waals surface area contributed by atoms with Gasteiger partial charge in [0.15, 0.2) is 0 Å². The lowest BCUT2D eigenvalue weighted by atomic mass is 10.1. The Kier molecular flexibility index (Phi) is 2.00. The van der Waals surface area contributed by atoms with E-state index in [0.29, 0.717) is 0 Å². The lowest BCUT2D eigenvalue weighted by Gasteiger charge is -2.01. The number of benzene rings is 1. The van der Waals surface area contributed by atoms with Gasteiger partial charge in [0, 0.05) is 17.1 Å². The molecule has 0 saturated carbocycles. The van der Waals surface area contributed by atoms with Crippen molar-refractivity contribution in [2.45, 2.75) is 0 Å². The average molecular weight is 211 g/mol. The number of rotatable bonds is 1. The molecule has 0 radical (unpaired) electrons. The number of fused-ring (bicyclic) bond motifs is 1. The Bertz CT molecular complexity index is 542. The molecule has 0 unspecified atom stereocenters. The van der Waals surface area contributed by atoms with Crippen molar-refractivity contribution in [2.24, 2.45) is 0 Å². The lowest BCUT2D eigenvalue weighted by Crippen LogP contribution is -1.78. The van der Waals surface area contributed by atoms with Gasteiger partial charge in [-0.2, -0.15) is 0 Å². The molecule has 3 rings (SSSR count). The monoisotopic (exact) mass is 211 g/mol. The van der Waals surface area contributed by atoms with Gasteiger partial charge in [0.2, 0.25) is 0 Å². The molecule has 2 aliphatic rings. The topological polar surface area (TPSA) is 12.9 Å². The molecule has 1 aromatic rings. The Morgan fingerprint density at radius 1 is 0.933 bits per heavy atom. The Morgan fingerprint density at radius 3 is 2.67 bits per heavy atom. The summed E-state index contributed by atoms with van der Waals surface area (Å²) in [5.41, 5.74) is 3.63. The van der Waals surface area contributed by atoms with Crippen molar-refractivity contribution in [3.05, 3.63) is 54.0 Å². The van der Waals surface area contributed by atoms with Crippen LogP contribution in [-0.4, -0.2) is 4.98 Å². The van der Waals surface area contributed by atoms with E-state index in [9.17, 15) is 0 Å². The maximum absolute atomic E-state index is 4.34.